The van der Waals surface area contributed by atoms with Crippen LogP contribution < -0.4 is 10.2 Å². The molecule has 5 heteroatoms. The quantitative estimate of drug-likeness (QED) is 0.588. The van der Waals surface area contributed by atoms with Gasteiger partial charge in [-0.2, -0.15) is 5.10 Å². The molecule has 0 fully saturated rings. The van der Waals surface area contributed by atoms with Crippen LogP contribution in [-0.2, 0) is 0 Å². The van der Waals surface area contributed by atoms with Crippen molar-refractivity contribution in [3.63, 3.8) is 0 Å². The van der Waals surface area contributed by atoms with Gasteiger partial charge >= 0.3 is 0 Å². The Labute approximate surface area is 135 Å². The summed E-state index contributed by atoms with van der Waals surface area (Å²) in [6, 6.07) is 15.7. The fourth-order valence-electron chi connectivity index (χ4n) is 2.31. The average Bonchev–Trinajstić information content (AvgIpc) is 2.59. The molecule has 0 saturated carbocycles. The van der Waals surface area contributed by atoms with E-state index in [1.165, 1.54) is 0 Å². The molecule has 5 nitrogen and oxygen atoms in total. The number of nitrogens with one attached hydrogen (secondary N) is 1. The summed E-state index contributed by atoms with van der Waals surface area (Å²) in [5.74, 6) is 2.25. The topological polar surface area (TPSA) is 59.4 Å². The highest BCUT2D eigenvalue weighted by Crippen LogP contribution is 2.20. The third-order valence-corrected chi connectivity index (χ3v) is 3.55. The van der Waals surface area contributed by atoms with E-state index in [2.05, 4.69) is 20.5 Å². The number of aryl methyl sites for hydroxylation is 1. The van der Waals surface area contributed by atoms with Gasteiger partial charge in [0.1, 0.15) is 11.6 Å². The Hall–Kier alpha value is -2.95. The van der Waals surface area contributed by atoms with Crippen LogP contribution in [0.5, 0.6) is 5.75 Å². The van der Waals surface area contributed by atoms with Crippen LogP contribution in [0.4, 0.5) is 5.82 Å². The van der Waals surface area contributed by atoms with Crippen molar-refractivity contribution in [2.75, 3.05) is 12.5 Å². The van der Waals surface area contributed by atoms with Gasteiger partial charge < -0.3 is 4.74 Å². The first-order chi connectivity index (χ1) is 11.2. The smallest absolute Gasteiger partial charge is 0.157 e. The van der Waals surface area contributed by atoms with Crippen molar-refractivity contribution < 1.29 is 4.74 Å². The second-order valence-electron chi connectivity index (χ2n) is 5.17. The lowest BCUT2D eigenvalue weighted by atomic mass is 10.1. The maximum atomic E-state index is 5.17. The van der Waals surface area contributed by atoms with E-state index in [0.29, 0.717) is 11.6 Å². The first-order valence-electron chi connectivity index (χ1n) is 7.35. The minimum absolute atomic E-state index is 0.709. The van der Waals surface area contributed by atoms with Crippen molar-refractivity contribution in [3.05, 3.63) is 59.9 Å². The third-order valence-electron chi connectivity index (χ3n) is 3.55. The highest BCUT2D eigenvalue weighted by Gasteiger charge is 2.05. The predicted molar refractivity (Wildman–Crippen MR) is 93.1 cm³/mol. The number of aromatic nitrogens is 2. The molecule has 23 heavy (non-hydrogen) atoms. The minimum Gasteiger partial charge on any atom is -0.497 e. The van der Waals surface area contributed by atoms with Gasteiger partial charge in [-0.1, -0.05) is 12.1 Å². The Bertz CT molecular complexity index is 857. The number of rotatable bonds is 4. The summed E-state index contributed by atoms with van der Waals surface area (Å²) in [6.07, 6.45) is 0. The molecule has 0 aliphatic carbocycles. The Kier molecular flexibility index (Phi) is 4.19. The van der Waals surface area contributed by atoms with Gasteiger partial charge in [-0.15, -0.1) is 0 Å². The lowest BCUT2D eigenvalue weighted by Gasteiger charge is -2.07. The normalized spacial score (nSPS) is 11.5. The number of para-hydroxylation sites is 1. The van der Waals surface area contributed by atoms with Crippen LogP contribution >= 0.6 is 0 Å². The predicted octanol–water partition coefficient (Wildman–Crippen LogP) is 3.78. The summed E-state index contributed by atoms with van der Waals surface area (Å²) >= 11 is 0. The molecule has 3 aromatic rings. The Morgan fingerprint density at radius 3 is 2.52 bits per heavy atom. The molecule has 0 aliphatic rings. The van der Waals surface area contributed by atoms with Gasteiger partial charge in [0, 0.05) is 5.39 Å². The van der Waals surface area contributed by atoms with E-state index in [-0.39, 0.29) is 0 Å². The third kappa shape index (κ3) is 3.29. The van der Waals surface area contributed by atoms with Gasteiger partial charge in [0.25, 0.3) is 0 Å². The molecule has 116 valence electrons. The lowest BCUT2D eigenvalue weighted by molar-refractivity contribution is 0.415. The summed E-state index contributed by atoms with van der Waals surface area (Å²) in [4.78, 5) is 8.87. The van der Waals surface area contributed by atoms with E-state index < -0.39 is 0 Å². The average molecular weight is 306 g/mol. The molecule has 3 rings (SSSR count). The van der Waals surface area contributed by atoms with Gasteiger partial charge in [0.2, 0.25) is 0 Å². The number of hydrogen-bond acceptors (Lipinski definition) is 5. The molecule has 0 atom stereocenters. The highest BCUT2D eigenvalue weighted by atomic mass is 16.5. The molecule has 0 radical (unpaired) electrons. The summed E-state index contributed by atoms with van der Waals surface area (Å²) in [6.45, 7) is 3.82. The zero-order valence-electron chi connectivity index (χ0n) is 13.4. The number of fused-ring (bicyclic) bond motifs is 1. The lowest BCUT2D eigenvalue weighted by Crippen LogP contribution is -2.03. The molecule has 0 spiro atoms. The largest absolute Gasteiger partial charge is 0.497 e. The van der Waals surface area contributed by atoms with E-state index in [1.54, 1.807) is 7.11 Å². The van der Waals surface area contributed by atoms with Crippen molar-refractivity contribution in [2.45, 2.75) is 13.8 Å². The van der Waals surface area contributed by atoms with Gasteiger partial charge in [-0.25, -0.2) is 9.97 Å². The Morgan fingerprint density at radius 1 is 1.04 bits per heavy atom. The molecule has 1 aromatic heterocycles. The summed E-state index contributed by atoms with van der Waals surface area (Å²) in [7, 11) is 1.65. The van der Waals surface area contributed by atoms with E-state index >= 15 is 0 Å². The number of hydrogen-bond donors (Lipinski definition) is 1. The zero-order chi connectivity index (χ0) is 16.2. The second-order valence-corrected chi connectivity index (χ2v) is 5.17. The van der Waals surface area contributed by atoms with Crippen LogP contribution in [0.3, 0.4) is 0 Å². The molecule has 0 unspecified atom stereocenters. The molecule has 0 bridgehead atoms. The van der Waals surface area contributed by atoms with E-state index in [0.717, 1.165) is 27.9 Å². The van der Waals surface area contributed by atoms with Crippen molar-refractivity contribution in [3.8, 4) is 5.75 Å². The maximum Gasteiger partial charge on any atom is 0.157 e. The summed E-state index contributed by atoms with van der Waals surface area (Å²) in [5, 5.41) is 5.40. The van der Waals surface area contributed by atoms with Crippen LogP contribution in [0.1, 0.15) is 18.3 Å². The molecule has 2 aromatic carbocycles. The standard InChI is InChI=1S/C18H18N4O/c1-12(14-8-10-15(23-3)11-9-14)21-22-18-16-6-4-5-7-17(16)19-13(2)20-18/h4-11H,1-3H3,(H,19,20,22). The summed E-state index contributed by atoms with van der Waals surface area (Å²) < 4.78 is 5.17. The first-order valence-corrected chi connectivity index (χ1v) is 7.35. The van der Waals surface area contributed by atoms with Crippen molar-refractivity contribution >= 4 is 22.4 Å². The van der Waals surface area contributed by atoms with Crippen LogP contribution in [-0.4, -0.2) is 22.8 Å². The number of anilines is 1. The molecular formula is C18H18N4O. The van der Waals surface area contributed by atoms with Gasteiger partial charge in [-0.3, -0.25) is 5.43 Å². The maximum absolute atomic E-state index is 5.17. The van der Waals surface area contributed by atoms with Crippen LogP contribution in [0.15, 0.2) is 53.6 Å². The molecule has 0 saturated heterocycles. The van der Waals surface area contributed by atoms with Gasteiger partial charge in [0.05, 0.1) is 18.3 Å². The van der Waals surface area contributed by atoms with Crippen LogP contribution in [0.25, 0.3) is 10.9 Å². The molecule has 1 heterocycles. The molecular weight excluding hydrogens is 288 g/mol. The first kappa shape index (κ1) is 15.0. The number of nitrogens with zero attached hydrogens (tertiary/aromatic N) is 3. The number of ether oxygens (including phenoxy) is 1. The fraction of sp³-hybridized carbons (Fsp3) is 0.167. The summed E-state index contributed by atoms with van der Waals surface area (Å²) in [5.41, 5.74) is 5.85. The monoisotopic (exact) mass is 306 g/mol. The van der Waals surface area contributed by atoms with Crippen molar-refractivity contribution in [1.82, 2.24) is 9.97 Å². The Balaban J connectivity index is 1.89. The van der Waals surface area contributed by atoms with E-state index in [9.17, 15) is 0 Å². The van der Waals surface area contributed by atoms with Crippen LogP contribution in [0, 0.1) is 6.92 Å². The van der Waals surface area contributed by atoms with Crippen molar-refractivity contribution in [2.24, 2.45) is 5.10 Å². The number of methoxy groups -OCH3 is 1. The van der Waals surface area contributed by atoms with E-state index in [4.69, 9.17) is 4.74 Å². The van der Waals surface area contributed by atoms with Gasteiger partial charge in [-0.05, 0) is 55.8 Å². The Morgan fingerprint density at radius 2 is 1.78 bits per heavy atom. The number of hydrazone groups is 1. The molecule has 0 amide bonds. The number of benzene rings is 2. The second kappa shape index (κ2) is 6.44. The zero-order valence-corrected chi connectivity index (χ0v) is 13.4. The molecule has 0 aliphatic heterocycles. The van der Waals surface area contributed by atoms with Gasteiger partial charge in [0.15, 0.2) is 5.82 Å². The van der Waals surface area contributed by atoms with E-state index in [1.807, 2.05) is 62.4 Å². The SMILES string of the molecule is COc1ccc(C(C)=NNc2nc(C)nc3ccccc23)cc1. The fourth-order valence-corrected chi connectivity index (χ4v) is 2.31. The molecule has 1 N–H and O–H groups in total. The minimum atomic E-state index is 0.709. The van der Waals surface area contributed by atoms with Crippen LogP contribution in [0.2, 0.25) is 0 Å². The highest BCUT2D eigenvalue weighted by molar-refractivity contribution is 5.99. The van der Waals surface area contributed by atoms with Crippen molar-refractivity contribution in [1.29, 1.82) is 0 Å².